The number of nitro groups is 1. The summed E-state index contributed by atoms with van der Waals surface area (Å²) in [6.07, 6.45) is 1.40. The predicted octanol–water partition coefficient (Wildman–Crippen LogP) is 3.64. The molecule has 8 heteroatoms. The van der Waals surface area contributed by atoms with Gasteiger partial charge in [0.2, 0.25) is 0 Å². The van der Waals surface area contributed by atoms with Gasteiger partial charge in [-0.3, -0.25) is 14.9 Å². The van der Waals surface area contributed by atoms with Crippen LogP contribution in [0.5, 0.6) is 11.5 Å². The van der Waals surface area contributed by atoms with E-state index in [-0.39, 0.29) is 17.0 Å². The summed E-state index contributed by atoms with van der Waals surface area (Å²) in [5.41, 5.74) is 3.33. The molecular weight excluding hydrogens is 374 g/mol. The number of phenols is 1. The average Bonchev–Trinajstić information content (AvgIpc) is 2.74. The number of hydrogen-bond donors (Lipinski definition) is 2. The lowest BCUT2D eigenvalue weighted by atomic mass is 10.1. The van der Waals surface area contributed by atoms with Crippen molar-refractivity contribution in [2.75, 3.05) is 0 Å². The number of hydrogen-bond acceptors (Lipinski definition) is 6. The molecule has 146 valence electrons. The maximum atomic E-state index is 12.2. The maximum Gasteiger partial charge on any atom is 0.275 e. The average molecular weight is 391 g/mol. The van der Waals surface area contributed by atoms with Crippen LogP contribution in [0.2, 0.25) is 0 Å². The van der Waals surface area contributed by atoms with Gasteiger partial charge in [-0.05, 0) is 23.8 Å². The maximum absolute atomic E-state index is 12.2. The molecule has 0 aliphatic carbocycles. The molecule has 0 saturated heterocycles. The molecule has 3 aromatic carbocycles. The third-order valence-corrected chi connectivity index (χ3v) is 3.96. The Kier molecular flexibility index (Phi) is 6.16. The van der Waals surface area contributed by atoms with E-state index in [1.54, 1.807) is 18.2 Å². The normalized spacial score (nSPS) is 10.6. The van der Waals surface area contributed by atoms with Crippen LogP contribution >= 0.6 is 0 Å². The van der Waals surface area contributed by atoms with Crippen molar-refractivity contribution in [2.24, 2.45) is 5.10 Å². The number of non-ortho nitro benzene ring substituents is 1. The van der Waals surface area contributed by atoms with Gasteiger partial charge >= 0.3 is 0 Å². The van der Waals surface area contributed by atoms with Crippen LogP contribution < -0.4 is 10.2 Å². The van der Waals surface area contributed by atoms with E-state index < -0.39 is 10.8 Å². The highest BCUT2D eigenvalue weighted by molar-refractivity contribution is 5.98. The molecule has 8 nitrogen and oxygen atoms in total. The van der Waals surface area contributed by atoms with E-state index in [0.29, 0.717) is 17.9 Å². The van der Waals surface area contributed by atoms with Crippen LogP contribution in [-0.2, 0) is 6.61 Å². The number of nitro benzene ring substituents is 1. The van der Waals surface area contributed by atoms with Gasteiger partial charge in [0, 0.05) is 17.7 Å². The van der Waals surface area contributed by atoms with E-state index in [0.717, 1.165) is 23.8 Å². The first-order chi connectivity index (χ1) is 14.0. The number of carbonyl (C=O) groups is 1. The Morgan fingerprint density at radius 1 is 1.10 bits per heavy atom. The highest BCUT2D eigenvalue weighted by Crippen LogP contribution is 2.23. The van der Waals surface area contributed by atoms with Gasteiger partial charge in [0.1, 0.15) is 18.1 Å². The Morgan fingerprint density at radius 3 is 2.59 bits per heavy atom. The fourth-order valence-electron chi connectivity index (χ4n) is 2.49. The van der Waals surface area contributed by atoms with E-state index in [1.165, 1.54) is 6.21 Å². The SMILES string of the molecule is O=C(N/N=C/c1ccccc1OCc1ccccc1)c1cc([N+](=O)[O-])ccc1O. The van der Waals surface area contributed by atoms with Gasteiger partial charge in [0.25, 0.3) is 11.6 Å². The molecule has 2 N–H and O–H groups in total. The number of rotatable bonds is 7. The number of carbonyl (C=O) groups excluding carboxylic acids is 1. The first-order valence-electron chi connectivity index (χ1n) is 8.61. The lowest BCUT2D eigenvalue weighted by Crippen LogP contribution is -2.18. The fourth-order valence-corrected chi connectivity index (χ4v) is 2.49. The molecule has 1 amide bonds. The van der Waals surface area contributed by atoms with Crippen molar-refractivity contribution in [3.05, 3.63) is 99.6 Å². The monoisotopic (exact) mass is 391 g/mol. The van der Waals surface area contributed by atoms with Crippen molar-refractivity contribution < 1.29 is 19.6 Å². The number of hydrazone groups is 1. The summed E-state index contributed by atoms with van der Waals surface area (Å²) >= 11 is 0. The Balaban J connectivity index is 1.68. The van der Waals surface area contributed by atoms with Crippen molar-refractivity contribution >= 4 is 17.8 Å². The molecule has 0 aliphatic rings. The zero-order chi connectivity index (χ0) is 20.6. The van der Waals surface area contributed by atoms with Crippen molar-refractivity contribution in [3.63, 3.8) is 0 Å². The summed E-state index contributed by atoms with van der Waals surface area (Å²) in [5.74, 6) is -0.576. The Labute approximate surface area is 166 Å². The lowest BCUT2D eigenvalue weighted by molar-refractivity contribution is -0.384. The number of ether oxygens (including phenoxy) is 1. The van der Waals surface area contributed by atoms with Crippen molar-refractivity contribution in [3.8, 4) is 11.5 Å². The van der Waals surface area contributed by atoms with Gasteiger partial charge in [-0.2, -0.15) is 5.10 Å². The summed E-state index contributed by atoms with van der Waals surface area (Å²) in [6, 6.07) is 20.0. The number of nitrogens with zero attached hydrogens (tertiary/aromatic N) is 2. The smallest absolute Gasteiger partial charge is 0.275 e. The van der Waals surface area contributed by atoms with E-state index in [2.05, 4.69) is 10.5 Å². The quantitative estimate of drug-likeness (QED) is 0.363. The number of benzene rings is 3. The highest BCUT2D eigenvalue weighted by Gasteiger charge is 2.16. The Hall–Kier alpha value is -4.20. The first kappa shape index (κ1) is 19.6. The summed E-state index contributed by atoms with van der Waals surface area (Å²) in [6.45, 7) is 0.375. The van der Waals surface area contributed by atoms with Gasteiger partial charge < -0.3 is 9.84 Å². The van der Waals surface area contributed by atoms with Gasteiger partial charge in [0.05, 0.1) is 16.7 Å². The summed E-state index contributed by atoms with van der Waals surface area (Å²) in [5, 5.41) is 24.5. The molecule has 0 radical (unpaired) electrons. The minimum absolute atomic E-state index is 0.245. The van der Waals surface area contributed by atoms with Crippen LogP contribution in [0.3, 0.4) is 0 Å². The molecule has 0 fully saturated rings. The number of para-hydroxylation sites is 1. The topological polar surface area (TPSA) is 114 Å². The van der Waals surface area contributed by atoms with Crippen LogP contribution in [0.15, 0.2) is 77.9 Å². The first-order valence-corrected chi connectivity index (χ1v) is 8.61. The van der Waals surface area contributed by atoms with E-state index in [1.807, 2.05) is 36.4 Å². The minimum Gasteiger partial charge on any atom is -0.507 e. The van der Waals surface area contributed by atoms with E-state index >= 15 is 0 Å². The second-order valence-electron chi connectivity index (χ2n) is 5.97. The summed E-state index contributed by atoms with van der Waals surface area (Å²) in [7, 11) is 0. The molecule has 3 rings (SSSR count). The molecule has 0 bridgehead atoms. The van der Waals surface area contributed by atoms with Crippen LogP contribution in [0.4, 0.5) is 5.69 Å². The molecule has 0 spiro atoms. The predicted molar refractivity (Wildman–Crippen MR) is 107 cm³/mol. The lowest BCUT2D eigenvalue weighted by Gasteiger charge is -2.09. The summed E-state index contributed by atoms with van der Waals surface area (Å²) in [4.78, 5) is 22.4. The molecule has 3 aromatic rings. The molecule has 0 aliphatic heterocycles. The molecule has 29 heavy (non-hydrogen) atoms. The van der Waals surface area contributed by atoms with Gasteiger partial charge in [-0.1, -0.05) is 42.5 Å². The van der Waals surface area contributed by atoms with Crippen LogP contribution in [-0.4, -0.2) is 22.2 Å². The standard InChI is InChI=1S/C21H17N3O5/c25-19-11-10-17(24(27)28)12-18(19)21(26)23-22-13-16-8-4-5-9-20(16)29-14-15-6-2-1-3-7-15/h1-13,25H,14H2,(H,23,26)/b22-13+. The third-order valence-electron chi connectivity index (χ3n) is 3.96. The van der Waals surface area contributed by atoms with Crippen LogP contribution in [0.25, 0.3) is 0 Å². The summed E-state index contributed by atoms with van der Waals surface area (Å²) < 4.78 is 5.81. The van der Waals surface area contributed by atoms with Crippen LogP contribution in [0.1, 0.15) is 21.5 Å². The van der Waals surface area contributed by atoms with Crippen LogP contribution in [0, 0.1) is 10.1 Å². The molecule has 0 heterocycles. The Bertz CT molecular complexity index is 1050. The highest BCUT2D eigenvalue weighted by atomic mass is 16.6. The Morgan fingerprint density at radius 2 is 1.83 bits per heavy atom. The zero-order valence-electron chi connectivity index (χ0n) is 15.2. The number of amides is 1. The second kappa shape index (κ2) is 9.14. The molecule has 0 unspecified atom stereocenters. The van der Waals surface area contributed by atoms with E-state index in [4.69, 9.17) is 4.74 Å². The van der Waals surface area contributed by atoms with Crippen molar-refractivity contribution in [2.45, 2.75) is 6.61 Å². The second-order valence-corrected chi connectivity index (χ2v) is 5.97. The molecule has 0 aromatic heterocycles. The number of phenolic OH excluding ortho intramolecular Hbond substituents is 1. The number of aromatic hydroxyl groups is 1. The van der Waals surface area contributed by atoms with Crippen molar-refractivity contribution in [1.82, 2.24) is 5.43 Å². The van der Waals surface area contributed by atoms with Gasteiger partial charge in [0.15, 0.2) is 0 Å². The molecular formula is C21H17N3O5. The van der Waals surface area contributed by atoms with Gasteiger partial charge in [-0.15, -0.1) is 0 Å². The van der Waals surface area contributed by atoms with E-state index in [9.17, 15) is 20.0 Å². The molecule has 0 atom stereocenters. The largest absolute Gasteiger partial charge is 0.507 e. The molecule has 0 saturated carbocycles. The van der Waals surface area contributed by atoms with Gasteiger partial charge in [-0.25, -0.2) is 5.43 Å². The number of nitrogens with one attached hydrogen (secondary N) is 1. The minimum atomic E-state index is -0.773. The zero-order valence-corrected chi connectivity index (χ0v) is 15.2. The third kappa shape index (κ3) is 5.16. The van der Waals surface area contributed by atoms with Crippen molar-refractivity contribution in [1.29, 1.82) is 0 Å². The fraction of sp³-hybridized carbons (Fsp3) is 0.0476.